The van der Waals surface area contributed by atoms with E-state index in [-0.39, 0.29) is 40.1 Å². The van der Waals surface area contributed by atoms with Gasteiger partial charge in [0.1, 0.15) is 6.10 Å². The maximum atomic E-state index is 15.3. The molecular formula is C17H20FN3O5. The molecule has 140 valence electrons. The van der Waals surface area contributed by atoms with E-state index in [2.05, 4.69) is 5.16 Å². The Morgan fingerprint density at radius 3 is 2.65 bits per heavy atom. The number of hydrogen-bond donors (Lipinski definition) is 1. The Morgan fingerprint density at radius 1 is 1.46 bits per heavy atom. The van der Waals surface area contributed by atoms with Gasteiger partial charge in [-0.1, -0.05) is 5.16 Å². The van der Waals surface area contributed by atoms with E-state index in [9.17, 15) is 9.59 Å². The Balaban J connectivity index is 2.25. The molecule has 2 N–H and O–H groups in total. The smallest absolute Gasteiger partial charge is 0.271 e. The lowest BCUT2D eigenvalue weighted by atomic mass is 10.0. The number of nitrogens with two attached hydrogens (primary N) is 1. The molecule has 0 bridgehead atoms. The van der Waals surface area contributed by atoms with Crippen LogP contribution in [0.1, 0.15) is 36.0 Å². The van der Waals surface area contributed by atoms with Crippen LogP contribution in [0.3, 0.4) is 0 Å². The first-order chi connectivity index (χ1) is 12.4. The molecule has 3 unspecified atom stereocenters. The summed E-state index contributed by atoms with van der Waals surface area (Å²) < 4.78 is 31.2. The van der Waals surface area contributed by atoms with Crippen LogP contribution in [0.15, 0.2) is 10.6 Å². The summed E-state index contributed by atoms with van der Waals surface area (Å²) in [6, 6.07) is 1.47. The van der Waals surface area contributed by atoms with Crippen LogP contribution in [-0.4, -0.2) is 49.8 Å². The molecule has 1 fully saturated rings. The van der Waals surface area contributed by atoms with Gasteiger partial charge in [-0.15, -0.1) is 0 Å². The Kier molecular flexibility index (Phi) is 4.92. The molecule has 0 spiro atoms. The average Bonchev–Trinajstić information content (AvgIpc) is 2.99. The second-order valence-electron chi connectivity index (χ2n) is 6.36. The SMILES string of the molecule is COC(C=O)c1cc2c(C(N)=O)noc2c(F)c1N1CC(C)OC(C)C1. The molecule has 1 amide bonds. The Bertz CT molecular complexity index is 843. The topological polar surface area (TPSA) is 108 Å². The van der Waals surface area contributed by atoms with Crippen molar-refractivity contribution in [3.63, 3.8) is 0 Å². The average molecular weight is 365 g/mol. The van der Waals surface area contributed by atoms with E-state index in [0.717, 1.165) is 0 Å². The van der Waals surface area contributed by atoms with Crippen molar-refractivity contribution >= 4 is 28.8 Å². The van der Waals surface area contributed by atoms with Gasteiger partial charge in [0, 0.05) is 25.8 Å². The van der Waals surface area contributed by atoms with E-state index in [1.165, 1.54) is 13.2 Å². The molecule has 3 rings (SSSR count). The van der Waals surface area contributed by atoms with Crippen LogP contribution in [0.5, 0.6) is 0 Å². The molecule has 1 aliphatic rings. The molecule has 2 heterocycles. The van der Waals surface area contributed by atoms with E-state index in [4.69, 9.17) is 19.7 Å². The lowest BCUT2D eigenvalue weighted by Crippen LogP contribution is -2.46. The predicted octanol–water partition coefficient (Wildman–Crippen LogP) is 1.57. The van der Waals surface area contributed by atoms with Crippen LogP contribution in [-0.2, 0) is 14.3 Å². The Morgan fingerprint density at radius 2 is 2.12 bits per heavy atom. The minimum Gasteiger partial charge on any atom is -0.372 e. The number of morpholine rings is 1. The molecule has 1 aromatic carbocycles. The number of primary amides is 1. The van der Waals surface area contributed by atoms with E-state index in [0.29, 0.717) is 19.4 Å². The van der Waals surface area contributed by atoms with Crippen molar-refractivity contribution in [2.24, 2.45) is 5.73 Å². The first kappa shape index (κ1) is 18.3. The van der Waals surface area contributed by atoms with Crippen LogP contribution in [0, 0.1) is 5.82 Å². The third-order valence-electron chi connectivity index (χ3n) is 4.36. The van der Waals surface area contributed by atoms with Crippen molar-refractivity contribution in [3.05, 3.63) is 23.1 Å². The molecule has 0 saturated carbocycles. The van der Waals surface area contributed by atoms with Gasteiger partial charge in [-0.3, -0.25) is 4.79 Å². The Labute approximate surface area is 149 Å². The first-order valence-electron chi connectivity index (χ1n) is 8.17. The number of halogens is 1. The number of amides is 1. The van der Waals surface area contributed by atoms with Crippen LogP contribution in [0.2, 0.25) is 0 Å². The summed E-state index contributed by atoms with van der Waals surface area (Å²) in [5, 5.41) is 3.67. The largest absolute Gasteiger partial charge is 0.372 e. The predicted molar refractivity (Wildman–Crippen MR) is 90.5 cm³/mol. The number of aromatic nitrogens is 1. The molecule has 1 aliphatic heterocycles. The fourth-order valence-electron chi connectivity index (χ4n) is 3.38. The lowest BCUT2D eigenvalue weighted by molar-refractivity contribution is -0.116. The second kappa shape index (κ2) is 7.00. The minimum absolute atomic E-state index is 0.104. The summed E-state index contributed by atoms with van der Waals surface area (Å²) >= 11 is 0. The number of benzene rings is 1. The van der Waals surface area contributed by atoms with Crippen LogP contribution < -0.4 is 10.6 Å². The van der Waals surface area contributed by atoms with E-state index in [1.54, 1.807) is 4.90 Å². The van der Waals surface area contributed by atoms with Crippen molar-refractivity contribution in [1.29, 1.82) is 0 Å². The molecule has 0 radical (unpaired) electrons. The maximum Gasteiger partial charge on any atom is 0.271 e. The van der Waals surface area contributed by atoms with Gasteiger partial charge >= 0.3 is 0 Å². The van der Waals surface area contributed by atoms with Crippen molar-refractivity contribution in [2.45, 2.75) is 32.2 Å². The van der Waals surface area contributed by atoms with Crippen LogP contribution in [0.4, 0.5) is 10.1 Å². The molecule has 0 aliphatic carbocycles. The summed E-state index contributed by atoms with van der Waals surface area (Å²) in [5.41, 5.74) is 5.33. The number of anilines is 1. The third-order valence-corrected chi connectivity index (χ3v) is 4.36. The highest BCUT2D eigenvalue weighted by Crippen LogP contribution is 2.38. The molecule has 26 heavy (non-hydrogen) atoms. The van der Waals surface area contributed by atoms with Gasteiger partial charge in [0.2, 0.25) is 5.58 Å². The molecule has 8 nitrogen and oxygen atoms in total. The number of rotatable bonds is 5. The van der Waals surface area contributed by atoms with Gasteiger partial charge in [-0.2, -0.15) is 0 Å². The van der Waals surface area contributed by atoms with E-state index in [1.807, 2.05) is 13.8 Å². The first-order valence-corrected chi connectivity index (χ1v) is 8.17. The highest BCUT2D eigenvalue weighted by atomic mass is 19.1. The van der Waals surface area contributed by atoms with E-state index >= 15 is 4.39 Å². The lowest BCUT2D eigenvalue weighted by Gasteiger charge is -2.38. The van der Waals surface area contributed by atoms with Gasteiger partial charge in [-0.05, 0) is 19.9 Å². The number of hydrogen-bond acceptors (Lipinski definition) is 7. The zero-order chi connectivity index (χ0) is 19.0. The number of nitrogens with zero attached hydrogens (tertiary/aromatic N) is 2. The summed E-state index contributed by atoms with van der Waals surface area (Å²) in [4.78, 5) is 24.8. The van der Waals surface area contributed by atoms with Crippen LogP contribution in [0.25, 0.3) is 11.0 Å². The normalized spacial score (nSPS) is 21.8. The maximum absolute atomic E-state index is 15.3. The van der Waals surface area contributed by atoms with Gasteiger partial charge in [0.05, 0.1) is 23.3 Å². The number of ether oxygens (including phenoxy) is 2. The number of methoxy groups -OCH3 is 1. The van der Waals surface area contributed by atoms with Crippen molar-refractivity contribution < 1.29 is 28.0 Å². The number of carbonyl (C=O) groups excluding carboxylic acids is 2. The summed E-state index contributed by atoms with van der Waals surface area (Å²) in [7, 11) is 1.35. The summed E-state index contributed by atoms with van der Waals surface area (Å²) in [5.74, 6) is -1.57. The number of carbonyl (C=O) groups is 2. The molecule has 9 heteroatoms. The second-order valence-corrected chi connectivity index (χ2v) is 6.36. The van der Waals surface area contributed by atoms with Gasteiger partial charge < -0.3 is 29.4 Å². The molecular weight excluding hydrogens is 345 g/mol. The Hall–Kier alpha value is -2.52. The highest BCUT2D eigenvalue weighted by molar-refractivity contribution is 6.04. The standard InChI is InChI=1S/C17H20FN3O5/c1-8-5-21(6-9(2)25-8)15-10(12(7-22)24-3)4-11-14(17(19)23)20-26-16(11)13(15)18/h4,7-9,12H,5-6H2,1-3H3,(H2,19,23). The fraction of sp³-hybridized carbons (Fsp3) is 0.471. The van der Waals surface area contributed by atoms with E-state index < -0.39 is 17.8 Å². The summed E-state index contributed by atoms with van der Waals surface area (Å²) in [6.45, 7) is 4.61. The van der Waals surface area contributed by atoms with Crippen molar-refractivity contribution in [2.75, 3.05) is 25.1 Å². The van der Waals surface area contributed by atoms with Crippen molar-refractivity contribution in [3.8, 4) is 0 Å². The molecule has 3 atom stereocenters. The minimum atomic E-state index is -1.02. The zero-order valence-corrected chi connectivity index (χ0v) is 14.7. The fourth-order valence-corrected chi connectivity index (χ4v) is 3.38. The number of fused-ring (bicyclic) bond motifs is 1. The highest BCUT2D eigenvalue weighted by Gasteiger charge is 2.32. The molecule has 1 aromatic heterocycles. The van der Waals surface area contributed by atoms with Crippen molar-refractivity contribution in [1.82, 2.24) is 5.16 Å². The monoisotopic (exact) mass is 365 g/mol. The van der Waals surface area contributed by atoms with Gasteiger partial charge in [-0.25, -0.2) is 4.39 Å². The number of aldehydes is 1. The van der Waals surface area contributed by atoms with Gasteiger partial charge in [0.25, 0.3) is 5.91 Å². The third kappa shape index (κ3) is 3.04. The summed E-state index contributed by atoms with van der Waals surface area (Å²) in [6.07, 6.45) is -0.716. The molecule has 1 saturated heterocycles. The van der Waals surface area contributed by atoms with Crippen LogP contribution >= 0.6 is 0 Å². The molecule has 2 aromatic rings. The zero-order valence-electron chi connectivity index (χ0n) is 14.7. The quantitative estimate of drug-likeness (QED) is 0.801. The van der Waals surface area contributed by atoms with Gasteiger partial charge in [0.15, 0.2) is 17.8 Å².